The highest BCUT2D eigenvalue weighted by atomic mass is 15.1. The number of nitrogens with zero attached hydrogens (tertiary/aromatic N) is 5. The van der Waals surface area contributed by atoms with Crippen LogP contribution in [-0.2, 0) is 19.5 Å². The van der Waals surface area contributed by atoms with Gasteiger partial charge in [0.15, 0.2) is 0 Å². The van der Waals surface area contributed by atoms with Crippen molar-refractivity contribution < 1.29 is 0 Å². The topological polar surface area (TPSA) is 38.4 Å². The van der Waals surface area contributed by atoms with Gasteiger partial charge in [-0.15, -0.1) is 0 Å². The minimum atomic E-state index is 0.697. The molecular formula is C18H23N5. The molecule has 23 heavy (non-hydrogen) atoms. The summed E-state index contributed by atoms with van der Waals surface area (Å²) in [5.41, 5.74) is 3.55. The molecule has 5 heteroatoms. The molecule has 1 aliphatic rings. The lowest BCUT2D eigenvalue weighted by Gasteiger charge is -2.28. The molecule has 0 saturated carbocycles. The van der Waals surface area contributed by atoms with Gasteiger partial charge in [0, 0.05) is 44.6 Å². The number of hydrogen-bond acceptors (Lipinski definition) is 3. The molecule has 0 saturated heterocycles. The van der Waals surface area contributed by atoms with E-state index in [-0.39, 0.29) is 0 Å². The van der Waals surface area contributed by atoms with Crippen LogP contribution in [0.15, 0.2) is 36.9 Å². The molecule has 0 radical (unpaired) electrons. The van der Waals surface area contributed by atoms with Gasteiger partial charge in [-0.25, -0.2) is 9.97 Å². The Hall–Kier alpha value is -2.14. The van der Waals surface area contributed by atoms with Crippen LogP contribution in [0.25, 0.3) is 5.65 Å². The Kier molecular flexibility index (Phi) is 3.65. The largest absolute Gasteiger partial charge is 0.335 e. The minimum absolute atomic E-state index is 0.697. The molecule has 3 aromatic rings. The van der Waals surface area contributed by atoms with E-state index in [0.29, 0.717) is 5.92 Å². The van der Waals surface area contributed by atoms with Crippen molar-refractivity contribution in [3.63, 3.8) is 0 Å². The van der Waals surface area contributed by atoms with Gasteiger partial charge in [0.1, 0.15) is 11.5 Å². The SMILES string of the molecule is Cc1ccc2ncc(CN(C)C[C@@H]3CCc4nccn4C3)n2c1. The highest BCUT2D eigenvalue weighted by Gasteiger charge is 2.20. The van der Waals surface area contributed by atoms with E-state index < -0.39 is 0 Å². The van der Waals surface area contributed by atoms with Crippen LogP contribution in [0, 0.1) is 12.8 Å². The lowest BCUT2D eigenvalue weighted by Crippen LogP contribution is -2.31. The third kappa shape index (κ3) is 2.88. The van der Waals surface area contributed by atoms with Crippen molar-refractivity contribution in [2.75, 3.05) is 13.6 Å². The number of fused-ring (bicyclic) bond motifs is 2. The summed E-state index contributed by atoms with van der Waals surface area (Å²) in [7, 11) is 2.21. The summed E-state index contributed by atoms with van der Waals surface area (Å²) in [5.74, 6) is 1.93. The van der Waals surface area contributed by atoms with E-state index in [1.165, 1.54) is 23.5 Å². The smallest absolute Gasteiger partial charge is 0.136 e. The molecule has 0 N–H and O–H groups in total. The van der Waals surface area contributed by atoms with Gasteiger partial charge in [0.2, 0.25) is 0 Å². The fourth-order valence-corrected chi connectivity index (χ4v) is 3.62. The first kappa shape index (κ1) is 14.5. The van der Waals surface area contributed by atoms with Crippen molar-refractivity contribution in [3.8, 4) is 0 Å². The summed E-state index contributed by atoms with van der Waals surface area (Å²) in [6.07, 6.45) is 10.5. The van der Waals surface area contributed by atoms with Crippen molar-refractivity contribution in [1.82, 2.24) is 23.8 Å². The van der Waals surface area contributed by atoms with Gasteiger partial charge in [-0.2, -0.15) is 0 Å². The average molecular weight is 309 g/mol. The summed E-state index contributed by atoms with van der Waals surface area (Å²) in [6.45, 7) is 5.25. The Balaban J connectivity index is 1.43. The Morgan fingerprint density at radius 3 is 3.13 bits per heavy atom. The van der Waals surface area contributed by atoms with Crippen molar-refractivity contribution >= 4 is 5.65 Å². The van der Waals surface area contributed by atoms with E-state index in [2.05, 4.69) is 62.3 Å². The number of rotatable bonds is 4. The minimum Gasteiger partial charge on any atom is -0.335 e. The van der Waals surface area contributed by atoms with E-state index in [4.69, 9.17) is 0 Å². The molecule has 1 atom stereocenters. The Bertz CT molecular complexity index is 816. The highest BCUT2D eigenvalue weighted by molar-refractivity contribution is 5.41. The zero-order valence-corrected chi connectivity index (χ0v) is 13.8. The van der Waals surface area contributed by atoms with E-state index in [1.54, 1.807) is 0 Å². The van der Waals surface area contributed by atoms with E-state index in [0.717, 1.165) is 31.7 Å². The van der Waals surface area contributed by atoms with Crippen molar-refractivity contribution in [2.24, 2.45) is 5.92 Å². The van der Waals surface area contributed by atoms with Crippen LogP contribution in [0.2, 0.25) is 0 Å². The van der Waals surface area contributed by atoms with Gasteiger partial charge in [-0.1, -0.05) is 6.07 Å². The second-order valence-electron chi connectivity index (χ2n) is 6.78. The zero-order valence-electron chi connectivity index (χ0n) is 13.8. The van der Waals surface area contributed by atoms with Crippen molar-refractivity contribution in [1.29, 1.82) is 0 Å². The molecule has 0 spiro atoms. The summed E-state index contributed by atoms with van der Waals surface area (Å²) < 4.78 is 4.51. The van der Waals surface area contributed by atoms with Crippen LogP contribution >= 0.6 is 0 Å². The first-order valence-electron chi connectivity index (χ1n) is 8.30. The fourth-order valence-electron chi connectivity index (χ4n) is 3.62. The monoisotopic (exact) mass is 309 g/mol. The van der Waals surface area contributed by atoms with E-state index in [9.17, 15) is 0 Å². The Morgan fingerprint density at radius 2 is 2.22 bits per heavy atom. The van der Waals surface area contributed by atoms with Gasteiger partial charge >= 0.3 is 0 Å². The van der Waals surface area contributed by atoms with Crippen LogP contribution in [-0.4, -0.2) is 37.4 Å². The molecule has 0 aromatic carbocycles. The van der Waals surface area contributed by atoms with Crippen LogP contribution in [0.4, 0.5) is 0 Å². The number of aromatic nitrogens is 4. The number of pyridine rings is 1. The third-order valence-electron chi connectivity index (χ3n) is 4.76. The summed E-state index contributed by atoms with van der Waals surface area (Å²) in [5, 5.41) is 0. The maximum atomic E-state index is 4.51. The molecule has 0 amide bonds. The fraction of sp³-hybridized carbons (Fsp3) is 0.444. The van der Waals surface area contributed by atoms with Gasteiger partial charge in [0.25, 0.3) is 0 Å². The molecule has 4 rings (SSSR count). The molecule has 0 aliphatic carbocycles. The molecule has 0 bridgehead atoms. The number of imidazole rings is 2. The molecular weight excluding hydrogens is 286 g/mol. The molecule has 120 valence electrons. The standard InChI is InChI=1S/C18H23N5/c1-14-3-5-18-20-9-16(23(18)10-14)13-21(2)11-15-4-6-17-19-7-8-22(17)12-15/h3,5,7-10,15H,4,6,11-13H2,1-2H3/t15-/m0/s1. The van der Waals surface area contributed by atoms with Crippen molar-refractivity contribution in [2.45, 2.75) is 32.9 Å². The van der Waals surface area contributed by atoms with Crippen molar-refractivity contribution in [3.05, 3.63) is 54.0 Å². The van der Waals surface area contributed by atoms with Crippen LogP contribution in [0.5, 0.6) is 0 Å². The van der Waals surface area contributed by atoms with E-state index >= 15 is 0 Å². The number of aryl methyl sites for hydroxylation is 2. The maximum Gasteiger partial charge on any atom is 0.136 e. The van der Waals surface area contributed by atoms with Crippen LogP contribution in [0.3, 0.4) is 0 Å². The Morgan fingerprint density at radius 1 is 1.30 bits per heavy atom. The van der Waals surface area contributed by atoms with Crippen LogP contribution < -0.4 is 0 Å². The lowest BCUT2D eigenvalue weighted by molar-refractivity contribution is 0.227. The predicted molar refractivity (Wildman–Crippen MR) is 90.3 cm³/mol. The summed E-state index contributed by atoms with van der Waals surface area (Å²) in [4.78, 5) is 11.3. The molecule has 1 aliphatic heterocycles. The summed E-state index contributed by atoms with van der Waals surface area (Å²) in [6, 6.07) is 4.20. The van der Waals surface area contributed by atoms with E-state index in [1.807, 2.05) is 12.4 Å². The quantitative estimate of drug-likeness (QED) is 0.743. The normalized spacial score (nSPS) is 17.8. The zero-order chi connectivity index (χ0) is 15.8. The molecule has 4 heterocycles. The molecule has 5 nitrogen and oxygen atoms in total. The maximum absolute atomic E-state index is 4.51. The van der Waals surface area contributed by atoms with Gasteiger partial charge in [-0.05, 0) is 37.9 Å². The average Bonchev–Trinajstić information content (AvgIpc) is 3.14. The van der Waals surface area contributed by atoms with Crippen LogP contribution in [0.1, 0.15) is 23.5 Å². The Labute approximate surface area is 136 Å². The number of hydrogen-bond donors (Lipinski definition) is 0. The third-order valence-corrected chi connectivity index (χ3v) is 4.76. The molecule has 0 fully saturated rings. The second kappa shape index (κ2) is 5.81. The highest BCUT2D eigenvalue weighted by Crippen LogP contribution is 2.20. The summed E-state index contributed by atoms with van der Waals surface area (Å²) >= 11 is 0. The van der Waals surface area contributed by atoms with Gasteiger partial charge in [0.05, 0.1) is 11.9 Å². The second-order valence-corrected chi connectivity index (χ2v) is 6.78. The predicted octanol–water partition coefficient (Wildman–Crippen LogP) is 2.53. The lowest BCUT2D eigenvalue weighted by atomic mass is 9.99. The molecule has 3 aromatic heterocycles. The van der Waals surface area contributed by atoms with Gasteiger partial charge in [-0.3, -0.25) is 0 Å². The first-order valence-corrected chi connectivity index (χ1v) is 8.30. The first-order chi connectivity index (χ1) is 11.2. The molecule has 0 unspecified atom stereocenters. The van der Waals surface area contributed by atoms with Gasteiger partial charge < -0.3 is 13.9 Å².